The molecule has 0 unspecified atom stereocenters. The summed E-state index contributed by atoms with van der Waals surface area (Å²) >= 11 is 0. The van der Waals surface area contributed by atoms with E-state index in [0.717, 1.165) is 32.7 Å². The highest BCUT2D eigenvalue weighted by molar-refractivity contribution is 5.93. The molecule has 0 bridgehead atoms. The van der Waals surface area contributed by atoms with Gasteiger partial charge in [-0.3, -0.25) is 24.7 Å². The monoisotopic (exact) mass is 436 g/mol. The van der Waals surface area contributed by atoms with Crippen LogP contribution in [0, 0.1) is 0 Å². The minimum Gasteiger partial charge on any atom is -0.299 e. The van der Waals surface area contributed by atoms with Gasteiger partial charge in [-0.15, -0.1) is 0 Å². The molecule has 172 valence electrons. The van der Waals surface area contributed by atoms with Crippen LogP contribution < -0.4 is 5.48 Å². The molecular formula is C26H36N4O2. The summed E-state index contributed by atoms with van der Waals surface area (Å²) in [6.45, 7) is 12.1. The average molecular weight is 437 g/mol. The molecule has 2 aliphatic heterocycles. The first-order valence-electron chi connectivity index (χ1n) is 11.8. The zero-order chi connectivity index (χ0) is 22.5. The number of nitrogens with one attached hydrogen (secondary N) is 1. The number of piperazine rings is 1. The molecule has 2 N–H and O–H groups in total. The Kier molecular flexibility index (Phi) is 7.58. The van der Waals surface area contributed by atoms with Crippen molar-refractivity contribution in [3.63, 3.8) is 0 Å². The Morgan fingerprint density at radius 1 is 0.812 bits per heavy atom. The van der Waals surface area contributed by atoms with Gasteiger partial charge in [0.2, 0.25) is 0 Å². The van der Waals surface area contributed by atoms with E-state index in [1.165, 1.54) is 42.6 Å². The maximum Gasteiger partial charge on any atom is 0.274 e. The first-order chi connectivity index (χ1) is 15.5. The zero-order valence-electron chi connectivity index (χ0n) is 19.3. The fourth-order valence-electron chi connectivity index (χ4n) is 5.15. The second-order valence-electron chi connectivity index (χ2n) is 9.50. The van der Waals surface area contributed by atoms with E-state index in [1.54, 1.807) is 17.6 Å². The molecule has 2 aromatic rings. The third kappa shape index (κ3) is 5.75. The van der Waals surface area contributed by atoms with Crippen molar-refractivity contribution in [2.24, 2.45) is 0 Å². The minimum absolute atomic E-state index is 0.467. The minimum atomic E-state index is -0.475. The topological polar surface area (TPSA) is 59.1 Å². The number of hydrogen-bond acceptors (Lipinski definition) is 5. The predicted octanol–water partition coefficient (Wildman–Crippen LogP) is 3.50. The third-order valence-corrected chi connectivity index (χ3v) is 6.89. The van der Waals surface area contributed by atoms with Gasteiger partial charge in [-0.2, -0.15) is 0 Å². The predicted molar refractivity (Wildman–Crippen MR) is 126 cm³/mol. The molecule has 6 nitrogen and oxygen atoms in total. The first kappa shape index (κ1) is 22.9. The second kappa shape index (κ2) is 10.6. The molecule has 32 heavy (non-hydrogen) atoms. The standard InChI is InChI=1S/C26H36N4O2/c1-20-15-29(18-23-9-11-25(12-10-23)26(31)27-32)16-21(2)30(20)19-24-7-5-22(6-8-24)17-28-13-3-4-14-28/h5-12,20-21,32H,3-4,13-19H2,1-2H3,(H,27,31)/t20-,21+. The molecule has 2 heterocycles. The summed E-state index contributed by atoms with van der Waals surface area (Å²) < 4.78 is 0. The van der Waals surface area contributed by atoms with Crippen LogP contribution in [0.15, 0.2) is 48.5 Å². The lowest BCUT2D eigenvalue weighted by Crippen LogP contribution is -2.55. The Labute approximate surface area is 191 Å². The SMILES string of the molecule is C[C@@H]1CN(Cc2ccc(C(=O)NO)cc2)C[C@H](C)N1Cc1ccc(CN2CCCC2)cc1. The van der Waals surface area contributed by atoms with Crippen molar-refractivity contribution >= 4 is 5.91 Å². The molecule has 2 aromatic carbocycles. The molecule has 0 saturated carbocycles. The van der Waals surface area contributed by atoms with Gasteiger partial charge in [-0.25, -0.2) is 5.48 Å². The Morgan fingerprint density at radius 3 is 1.81 bits per heavy atom. The molecule has 0 aromatic heterocycles. The number of carbonyl (C=O) groups is 1. The van der Waals surface area contributed by atoms with E-state index in [0.29, 0.717) is 17.6 Å². The molecule has 2 fully saturated rings. The fourth-order valence-corrected chi connectivity index (χ4v) is 5.15. The van der Waals surface area contributed by atoms with Crippen molar-refractivity contribution in [2.45, 2.75) is 58.4 Å². The number of nitrogens with zero attached hydrogens (tertiary/aromatic N) is 3. The summed E-state index contributed by atoms with van der Waals surface area (Å²) in [4.78, 5) is 19.2. The third-order valence-electron chi connectivity index (χ3n) is 6.89. The highest BCUT2D eigenvalue weighted by atomic mass is 16.5. The van der Waals surface area contributed by atoms with Crippen molar-refractivity contribution < 1.29 is 10.0 Å². The van der Waals surface area contributed by atoms with Crippen LogP contribution in [0.1, 0.15) is 53.7 Å². The van der Waals surface area contributed by atoms with Gasteiger partial charge >= 0.3 is 0 Å². The van der Waals surface area contributed by atoms with Crippen molar-refractivity contribution in [2.75, 3.05) is 26.2 Å². The summed E-state index contributed by atoms with van der Waals surface area (Å²) in [5.74, 6) is -0.475. The van der Waals surface area contributed by atoms with E-state index >= 15 is 0 Å². The van der Waals surface area contributed by atoms with Crippen LogP contribution in [0.2, 0.25) is 0 Å². The lowest BCUT2D eigenvalue weighted by Gasteiger charge is -2.44. The smallest absolute Gasteiger partial charge is 0.274 e. The highest BCUT2D eigenvalue weighted by Gasteiger charge is 2.29. The van der Waals surface area contributed by atoms with E-state index in [4.69, 9.17) is 5.21 Å². The Hall–Kier alpha value is -2.25. The van der Waals surface area contributed by atoms with Gasteiger partial charge in [-0.1, -0.05) is 36.4 Å². The lowest BCUT2D eigenvalue weighted by atomic mass is 10.0. The highest BCUT2D eigenvalue weighted by Crippen LogP contribution is 2.22. The molecule has 2 aliphatic rings. The molecule has 0 spiro atoms. The van der Waals surface area contributed by atoms with E-state index in [-0.39, 0.29) is 0 Å². The Morgan fingerprint density at radius 2 is 1.28 bits per heavy atom. The maximum absolute atomic E-state index is 11.5. The van der Waals surface area contributed by atoms with Crippen molar-refractivity contribution in [1.82, 2.24) is 20.2 Å². The van der Waals surface area contributed by atoms with Gasteiger partial charge in [0.15, 0.2) is 0 Å². The second-order valence-corrected chi connectivity index (χ2v) is 9.50. The Balaban J connectivity index is 1.30. The molecule has 0 aliphatic carbocycles. The van der Waals surface area contributed by atoms with Crippen LogP contribution in [0.4, 0.5) is 0 Å². The van der Waals surface area contributed by atoms with Gasteiger partial charge in [0.1, 0.15) is 0 Å². The van der Waals surface area contributed by atoms with Crippen molar-refractivity contribution in [1.29, 1.82) is 0 Å². The molecule has 4 rings (SSSR count). The van der Waals surface area contributed by atoms with Crippen LogP contribution >= 0.6 is 0 Å². The molecular weight excluding hydrogens is 400 g/mol. The quantitative estimate of drug-likeness (QED) is 0.514. The Bertz CT molecular complexity index is 866. The number of hydrogen-bond donors (Lipinski definition) is 2. The number of carbonyl (C=O) groups excluding carboxylic acids is 1. The molecule has 6 heteroatoms. The normalized spacial score (nSPS) is 22.8. The average Bonchev–Trinajstić information content (AvgIpc) is 3.30. The van der Waals surface area contributed by atoms with E-state index in [2.05, 4.69) is 52.8 Å². The number of rotatable bonds is 7. The summed E-state index contributed by atoms with van der Waals surface area (Å²) in [7, 11) is 0. The van der Waals surface area contributed by atoms with Crippen LogP contribution in [-0.4, -0.2) is 64.1 Å². The zero-order valence-corrected chi connectivity index (χ0v) is 19.3. The molecule has 2 atom stereocenters. The number of hydroxylamine groups is 1. The summed E-state index contributed by atoms with van der Waals surface area (Å²) in [5, 5.41) is 8.76. The van der Waals surface area contributed by atoms with Crippen LogP contribution in [0.5, 0.6) is 0 Å². The van der Waals surface area contributed by atoms with Gasteiger partial charge in [0, 0.05) is 50.4 Å². The summed E-state index contributed by atoms with van der Waals surface area (Å²) in [5.41, 5.74) is 6.14. The largest absolute Gasteiger partial charge is 0.299 e. The van der Waals surface area contributed by atoms with E-state index in [1.807, 2.05) is 12.1 Å². The first-order valence-corrected chi connectivity index (χ1v) is 11.8. The fraction of sp³-hybridized carbons (Fsp3) is 0.500. The van der Waals surface area contributed by atoms with Gasteiger partial charge in [0.05, 0.1) is 0 Å². The number of amides is 1. The van der Waals surface area contributed by atoms with Crippen molar-refractivity contribution in [3.05, 3.63) is 70.8 Å². The number of likely N-dealkylation sites (tertiary alicyclic amines) is 1. The van der Waals surface area contributed by atoms with Crippen LogP contribution in [0.3, 0.4) is 0 Å². The number of benzene rings is 2. The summed E-state index contributed by atoms with van der Waals surface area (Å²) in [6.07, 6.45) is 2.68. The van der Waals surface area contributed by atoms with Gasteiger partial charge < -0.3 is 0 Å². The van der Waals surface area contributed by atoms with E-state index in [9.17, 15) is 4.79 Å². The molecule has 2 saturated heterocycles. The maximum atomic E-state index is 11.5. The van der Waals surface area contributed by atoms with Crippen LogP contribution in [0.25, 0.3) is 0 Å². The van der Waals surface area contributed by atoms with E-state index < -0.39 is 5.91 Å². The van der Waals surface area contributed by atoms with Gasteiger partial charge in [-0.05, 0) is 68.6 Å². The van der Waals surface area contributed by atoms with Crippen LogP contribution in [-0.2, 0) is 19.6 Å². The van der Waals surface area contributed by atoms with Crippen molar-refractivity contribution in [3.8, 4) is 0 Å². The molecule has 1 amide bonds. The molecule has 0 radical (unpaired) electrons. The van der Waals surface area contributed by atoms with Gasteiger partial charge in [0.25, 0.3) is 5.91 Å². The summed E-state index contributed by atoms with van der Waals surface area (Å²) in [6, 6.07) is 17.6. The lowest BCUT2D eigenvalue weighted by molar-refractivity contribution is 0.0290.